The molecule has 0 saturated heterocycles. The third kappa shape index (κ3) is 3.29. The van der Waals surface area contributed by atoms with Gasteiger partial charge in [-0.15, -0.1) is 22.7 Å². The molecule has 33 heavy (non-hydrogen) atoms. The predicted molar refractivity (Wildman–Crippen MR) is 132 cm³/mol. The number of nitrogens with zero attached hydrogens (tertiary/aromatic N) is 2. The number of esters is 2. The first-order valence-electron chi connectivity index (χ1n) is 10.3. The molecule has 0 unspecified atom stereocenters. The number of hydrogen-bond donors (Lipinski definition) is 0. The minimum atomic E-state index is -0.652. The van der Waals surface area contributed by atoms with E-state index in [9.17, 15) is 9.59 Å². The van der Waals surface area contributed by atoms with Crippen molar-refractivity contribution >= 4 is 54.8 Å². The summed E-state index contributed by atoms with van der Waals surface area (Å²) in [7, 11) is 0. The molecule has 4 heterocycles. The highest BCUT2D eigenvalue weighted by Gasteiger charge is 2.27. The number of aromatic nitrogens is 2. The van der Waals surface area contributed by atoms with Gasteiger partial charge in [0.2, 0.25) is 0 Å². The molecule has 6 aromatic rings. The van der Waals surface area contributed by atoms with Crippen molar-refractivity contribution in [3.8, 4) is 11.4 Å². The highest BCUT2D eigenvalue weighted by Crippen LogP contribution is 2.37. The Labute approximate surface area is 196 Å². The van der Waals surface area contributed by atoms with Crippen molar-refractivity contribution in [1.82, 2.24) is 9.13 Å². The first-order valence-corrected chi connectivity index (χ1v) is 11.9. The molecule has 0 bridgehead atoms. The van der Waals surface area contributed by atoms with Crippen LogP contribution in [0.25, 0.3) is 31.5 Å². The van der Waals surface area contributed by atoms with Gasteiger partial charge in [0.15, 0.2) is 0 Å². The van der Waals surface area contributed by atoms with Crippen LogP contribution in [0.1, 0.15) is 19.3 Å². The van der Waals surface area contributed by atoms with Gasteiger partial charge in [0.05, 0.1) is 11.4 Å². The Bertz CT molecular complexity index is 1500. The molecule has 7 heteroatoms. The lowest BCUT2D eigenvalue weighted by molar-refractivity contribution is 0.0405. The van der Waals surface area contributed by atoms with E-state index >= 15 is 0 Å². The van der Waals surface area contributed by atoms with Gasteiger partial charge >= 0.3 is 11.9 Å². The van der Waals surface area contributed by atoms with E-state index < -0.39 is 11.9 Å². The maximum Gasteiger partial charge on any atom is 0.358 e. The summed E-state index contributed by atoms with van der Waals surface area (Å²) in [6.45, 7) is 0. The van der Waals surface area contributed by atoms with Crippen molar-refractivity contribution in [2.24, 2.45) is 0 Å². The predicted octanol–water partition coefficient (Wildman–Crippen LogP) is 6.69. The Kier molecular flexibility index (Phi) is 4.71. The van der Waals surface area contributed by atoms with E-state index in [2.05, 4.69) is 0 Å². The second-order valence-electron chi connectivity index (χ2n) is 7.41. The molecule has 6 rings (SSSR count). The summed E-state index contributed by atoms with van der Waals surface area (Å²) in [4.78, 5) is 27.3. The fraction of sp³-hybridized carbons (Fsp3) is 0. The van der Waals surface area contributed by atoms with Crippen LogP contribution in [0.2, 0.25) is 0 Å². The molecule has 0 radical (unpaired) electrons. The number of rotatable bonds is 4. The summed E-state index contributed by atoms with van der Waals surface area (Å²) in [5.74, 6) is -1.30. The molecular weight excluding hydrogens is 452 g/mol. The van der Waals surface area contributed by atoms with E-state index in [0.717, 1.165) is 31.5 Å². The van der Waals surface area contributed by atoms with Crippen molar-refractivity contribution < 1.29 is 14.3 Å². The molecule has 0 aliphatic heterocycles. The van der Waals surface area contributed by atoms with Gasteiger partial charge in [0.1, 0.15) is 9.75 Å². The van der Waals surface area contributed by atoms with E-state index in [1.165, 1.54) is 22.7 Å². The molecule has 4 aromatic heterocycles. The highest BCUT2D eigenvalue weighted by atomic mass is 32.1. The van der Waals surface area contributed by atoms with Crippen molar-refractivity contribution in [3.05, 3.63) is 107 Å². The summed E-state index contributed by atoms with van der Waals surface area (Å²) in [5.41, 5.74) is 1.45. The van der Waals surface area contributed by atoms with Gasteiger partial charge in [-0.25, -0.2) is 9.59 Å². The van der Waals surface area contributed by atoms with Crippen LogP contribution >= 0.6 is 22.7 Å². The second kappa shape index (κ2) is 7.88. The van der Waals surface area contributed by atoms with Gasteiger partial charge in [0.25, 0.3) is 0 Å². The first kappa shape index (κ1) is 19.7. The lowest BCUT2D eigenvalue weighted by Gasteiger charge is -2.08. The number of fused-ring (bicyclic) bond motifs is 2. The van der Waals surface area contributed by atoms with Gasteiger partial charge in [-0.1, -0.05) is 36.4 Å². The maximum absolute atomic E-state index is 13.3. The molecule has 0 N–H and O–H groups in total. The van der Waals surface area contributed by atoms with Crippen LogP contribution in [0.15, 0.2) is 97.6 Å². The molecule has 160 valence electrons. The number of carbonyl (C=O) groups is 2. The monoisotopic (exact) mass is 468 g/mol. The fourth-order valence-electron chi connectivity index (χ4n) is 4.00. The molecule has 0 saturated carbocycles. The number of carbonyl (C=O) groups excluding carboxylic acids is 2. The normalized spacial score (nSPS) is 11.3. The Morgan fingerprint density at radius 1 is 0.576 bits per heavy atom. The van der Waals surface area contributed by atoms with E-state index in [-0.39, 0.29) is 0 Å². The molecule has 0 atom stereocenters. The molecule has 2 aromatic carbocycles. The molecule has 5 nitrogen and oxygen atoms in total. The van der Waals surface area contributed by atoms with Crippen molar-refractivity contribution in [3.63, 3.8) is 0 Å². The number of benzene rings is 2. The van der Waals surface area contributed by atoms with Crippen molar-refractivity contribution in [2.75, 3.05) is 0 Å². The van der Waals surface area contributed by atoms with Crippen LogP contribution in [0, 0.1) is 0 Å². The Balaban J connectivity index is 1.42. The van der Waals surface area contributed by atoms with Gasteiger partial charge in [-0.3, -0.25) is 0 Å². The standard InChI is InChI=1S/C26H16N2O3S2/c29-25(23-21(27-13-5-6-14-27)17-9-1-3-11-19(17)32-23)31-26(30)24-22(28-15-7-8-16-28)18-10-2-4-12-20(18)33-24/h1-16H. The number of hydrogen-bond acceptors (Lipinski definition) is 5. The minimum absolute atomic E-state index is 0.393. The zero-order chi connectivity index (χ0) is 22.4. The zero-order valence-corrected chi connectivity index (χ0v) is 18.8. The van der Waals surface area contributed by atoms with E-state index in [0.29, 0.717) is 9.75 Å². The average Bonchev–Trinajstić information content (AvgIpc) is 3.63. The Morgan fingerprint density at radius 2 is 0.970 bits per heavy atom. The van der Waals surface area contributed by atoms with Gasteiger partial charge < -0.3 is 13.9 Å². The maximum atomic E-state index is 13.3. The summed E-state index contributed by atoms with van der Waals surface area (Å²) in [5, 5.41) is 1.88. The van der Waals surface area contributed by atoms with Crippen molar-refractivity contribution in [2.45, 2.75) is 0 Å². The van der Waals surface area contributed by atoms with Crippen LogP contribution in [0.5, 0.6) is 0 Å². The minimum Gasteiger partial charge on any atom is -0.384 e. The van der Waals surface area contributed by atoms with Crippen molar-refractivity contribution in [1.29, 1.82) is 0 Å². The molecular formula is C26H16N2O3S2. The smallest absolute Gasteiger partial charge is 0.358 e. The number of ether oxygens (including phenoxy) is 1. The summed E-state index contributed by atoms with van der Waals surface area (Å²) < 4.78 is 11.1. The number of thiophene rings is 2. The average molecular weight is 469 g/mol. The van der Waals surface area contributed by atoms with Gasteiger partial charge in [-0.05, 0) is 36.4 Å². The molecule has 0 aliphatic rings. The summed E-state index contributed by atoms with van der Waals surface area (Å²) in [6, 6.07) is 23.2. The third-order valence-electron chi connectivity index (χ3n) is 5.42. The highest BCUT2D eigenvalue weighted by molar-refractivity contribution is 7.22. The van der Waals surface area contributed by atoms with Crippen LogP contribution in [-0.2, 0) is 4.74 Å². The van der Waals surface area contributed by atoms with Gasteiger partial charge in [-0.2, -0.15) is 0 Å². The third-order valence-corrected chi connectivity index (χ3v) is 7.70. The largest absolute Gasteiger partial charge is 0.384 e. The lowest BCUT2D eigenvalue weighted by Crippen LogP contribution is -2.14. The molecule has 0 aliphatic carbocycles. The van der Waals surface area contributed by atoms with Crippen LogP contribution in [0.4, 0.5) is 0 Å². The molecule has 0 fully saturated rings. The summed E-state index contributed by atoms with van der Waals surface area (Å²) in [6.07, 6.45) is 7.51. The van der Waals surface area contributed by atoms with E-state index in [1.807, 2.05) is 107 Å². The second-order valence-corrected chi connectivity index (χ2v) is 9.51. The zero-order valence-electron chi connectivity index (χ0n) is 17.2. The topological polar surface area (TPSA) is 53.2 Å². The van der Waals surface area contributed by atoms with E-state index in [4.69, 9.17) is 4.74 Å². The van der Waals surface area contributed by atoms with Crippen LogP contribution in [0.3, 0.4) is 0 Å². The fourth-order valence-corrected chi connectivity index (χ4v) is 6.15. The first-order chi connectivity index (χ1) is 16.2. The van der Waals surface area contributed by atoms with Crippen LogP contribution in [-0.4, -0.2) is 21.1 Å². The quantitative estimate of drug-likeness (QED) is 0.214. The Morgan fingerprint density at radius 3 is 1.39 bits per heavy atom. The lowest BCUT2D eigenvalue weighted by atomic mass is 10.2. The molecule has 0 amide bonds. The van der Waals surface area contributed by atoms with E-state index in [1.54, 1.807) is 0 Å². The Hall–Kier alpha value is -3.94. The van der Waals surface area contributed by atoms with Gasteiger partial charge in [0, 0.05) is 45.0 Å². The van der Waals surface area contributed by atoms with Crippen LogP contribution < -0.4 is 0 Å². The molecule has 0 spiro atoms. The summed E-state index contributed by atoms with van der Waals surface area (Å²) >= 11 is 2.65. The SMILES string of the molecule is O=C(OC(=O)c1sc2ccccc2c1-n1cccc1)c1sc2ccccc2c1-n1cccc1.